The number of amides is 1. The number of carbonyl (C=O) groups is 2. The molecule has 1 fully saturated rings. The van der Waals surface area contributed by atoms with E-state index in [1.165, 1.54) is 6.07 Å². The minimum absolute atomic E-state index is 0.0422. The molecule has 0 spiro atoms. The molecular formula is C25H26ClFN2O5. The topological polar surface area (TPSA) is 101 Å². The molecule has 3 N–H and O–H groups in total. The van der Waals surface area contributed by atoms with Gasteiger partial charge in [0, 0.05) is 25.6 Å². The van der Waals surface area contributed by atoms with Gasteiger partial charge in [-0.3, -0.25) is 9.59 Å². The number of hydrogen-bond acceptors (Lipinski definition) is 4. The first-order valence-corrected chi connectivity index (χ1v) is 11.3. The highest BCUT2D eigenvalue weighted by molar-refractivity contribution is 6.36. The SMILES string of the molecule is Cc1cc2c(cc(C(=O)N[C@H](CO)c3ccc(C4(C(=O)O)CCOCC4)cc3)n2C)c(Cl)c1F. The van der Waals surface area contributed by atoms with Crippen molar-refractivity contribution in [2.24, 2.45) is 7.05 Å². The van der Waals surface area contributed by atoms with Crippen molar-refractivity contribution < 1.29 is 28.9 Å². The highest BCUT2D eigenvalue weighted by atomic mass is 35.5. The molecule has 2 heterocycles. The molecule has 0 bridgehead atoms. The third-order valence-corrected chi connectivity index (χ3v) is 7.12. The molecule has 1 amide bonds. The van der Waals surface area contributed by atoms with Crippen LogP contribution in [0.3, 0.4) is 0 Å². The highest BCUT2D eigenvalue weighted by Crippen LogP contribution is 2.36. The Balaban J connectivity index is 1.59. The molecule has 0 radical (unpaired) electrons. The zero-order chi connectivity index (χ0) is 24.6. The van der Waals surface area contributed by atoms with Crippen LogP contribution in [-0.2, 0) is 22.0 Å². The lowest BCUT2D eigenvalue weighted by molar-refractivity contribution is -0.147. The molecule has 1 aromatic heterocycles. The molecule has 1 aliphatic rings. The normalized spacial score (nSPS) is 16.4. The Kier molecular flexibility index (Phi) is 6.66. The number of nitrogens with one attached hydrogen (secondary N) is 1. The predicted octanol–water partition coefficient (Wildman–Crippen LogP) is 3.88. The summed E-state index contributed by atoms with van der Waals surface area (Å²) in [5, 5.41) is 23.0. The maximum atomic E-state index is 14.2. The fraction of sp³-hybridized carbons (Fsp3) is 0.360. The lowest BCUT2D eigenvalue weighted by atomic mass is 9.74. The number of aliphatic hydroxyl groups excluding tert-OH is 1. The molecule has 2 aromatic carbocycles. The smallest absolute Gasteiger partial charge is 0.314 e. The second kappa shape index (κ2) is 9.37. The van der Waals surface area contributed by atoms with E-state index in [2.05, 4.69) is 5.32 Å². The van der Waals surface area contributed by atoms with Gasteiger partial charge in [0.05, 0.1) is 28.6 Å². The van der Waals surface area contributed by atoms with Gasteiger partial charge in [-0.15, -0.1) is 0 Å². The largest absolute Gasteiger partial charge is 0.481 e. The van der Waals surface area contributed by atoms with Crippen molar-refractivity contribution in [3.8, 4) is 0 Å². The Morgan fingerprint density at radius 2 is 1.88 bits per heavy atom. The number of benzene rings is 2. The van der Waals surface area contributed by atoms with E-state index in [4.69, 9.17) is 16.3 Å². The first kappa shape index (κ1) is 24.2. The first-order valence-electron chi connectivity index (χ1n) is 11.0. The molecule has 34 heavy (non-hydrogen) atoms. The maximum Gasteiger partial charge on any atom is 0.314 e. The van der Waals surface area contributed by atoms with Gasteiger partial charge in [-0.25, -0.2) is 4.39 Å². The number of ether oxygens (including phenoxy) is 1. The molecular weight excluding hydrogens is 463 g/mol. The van der Waals surface area contributed by atoms with Crippen LogP contribution in [0.5, 0.6) is 0 Å². The molecule has 1 aliphatic heterocycles. The van der Waals surface area contributed by atoms with Crippen LogP contribution in [0.15, 0.2) is 36.4 Å². The Bertz CT molecular complexity index is 1250. The quantitative estimate of drug-likeness (QED) is 0.489. The Hall–Kier alpha value is -2.94. The van der Waals surface area contributed by atoms with E-state index in [0.717, 1.165) is 0 Å². The number of carbonyl (C=O) groups excluding carboxylic acids is 1. The molecule has 4 rings (SSSR count). The molecule has 0 saturated carbocycles. The van der Waals surface area contributed by atoms with Gasteiger partial charge >= 0.3 is 5.97 Å². The summed E-state index contributed by atoms with van der Waals surface area (Å²) in [4.78, 5) is 25.1. The Morgan fingerprint density at radius 1 is 1.24 bits per heavy atom. The fourth-order valence-electron chi connectivity index (χ4n) is 4.59. The molecule has 180 valence electrons. The van der Waals surface area contributed by atoms with Gasteiger partial charge in [0.2, 0.25) is 0 Å². The summed E-state index contributed by atoms with van der Waals surface area (Å²) in [6, 6.07) is 9.32. The van der Waals surface area contributed by atoms with E-state index in [-0.39, 0.29) is 17.3 Å². The number of halogens is 2. The van der Waals surface area contributed by atoms with Crippen molar-refractivity contribution in [2.45, 2.75) is 31.2 Å². The number of aliphatic hydroxyl groups is 1. The Labute approximate surface area is 201 Å². The van der Waals surface area contributed by atoms with Crippen LogP contribution >= 0.6 is 11.6 Å². The van der Waals surface area contributed by atoms with E-state index in [9.17, 15) is 24.2 Å². The second-order valence-corrected chi connectivity index (χ2v) is 9.05. The number of aryl methyl sites for hydroxylation is 2. The first-order chi connectivity index (χ1) is 16.2. The summed E-state index contributed by atoms with van der Waals surface area (Å²) in [7, 11) is 1.69. The summed E-state index contributed by atoms with van der Waals surface area (Å²) in [5.74, 6) is -1.87. The van der Waals surface area contributed by atoms with Crippen LogP contribution in [0, 0.1) is 12.7 Å². The van der Waals surface area contributed by atoms with Crippen LogP contribution in [0.4, 0.5) is 4.39 Å². The lowest BCUT2D eigenvalue weighted by Crippen LogP contribution is -2.41. The number of fused-ring (bicyclic) bond motifs is 1. The number of carboxylic acid groups (broad SMARTS) is 1. The van der Waals surface area contributed by atoms with Crippen LogP contribution in [0.1, 0.15) is 46.1 Å². The van der Waals surface area contributed by atoms with Crippen molar-refractivity contribution in [3.05, 3.63) is 69.6 Å². The molecule has 3 aromatic rings. The summed E-state index contributed by atoms with van der Waals surface area (Å²) in [5.41, 5.74) is 1.55. The number of rotatable bonds is 6. The average Bonchev–Trinajstić information content (AvgIpc) is 3.17. The number of hydrogen-bond donors (Lipinski definition) is 3. The van der Waals surface area contributed by atoms with Crippen LogP contribution in [-0.4, -0.2) is 46.5 Å². The van der Waals surface area contributed by atoms with Gasteiger partial charge in [0.15, 0.2) is 0 Å². The second-order valence-electron chi connectivity index (χ2n) is 8.67. The predicted molar refractivity (Wildman–Crippen MR) is 126 cm³/mol. The maximum absolute atomic E-state index is 14.2. The summed E-state index contributed by atoms with van der Waals surface area (Å²) in [6.45, 7) is 2.00. The van der Waals surface area contributed by atoms with E-state index >= 15 is 0 Å². The van der Waals surface area contributed by atoms with Gasteiger partial charge in [0.25, 0.3) is 5.91 Å². The van der Waals surface area contributed by atoms with Crippen LogP contribution in [0.25, 0.3) is 10.9 Å². The average molecular weight is 489 g/mol. The number of aliphatic carboxylic acids is 1. The van der Waals surface area contributed by atoms with Crippen LogP contribution < -0.4 is 5.32 Å². The monoisotopic (exact) mass is 488 g/mol. The van der Waals surface area contributed by atoms with E-state index in [0.29, 0.717) is 53.6 Å². The molecule has 7 nitrogen and oxygen atoms in total. The molecule has 0 unspecified atom stereocenters. The van der Waals surface area contributed by atoms with Gasteiger partial charge in [-0.2, -0.15) is 0 Å². The van der Waals surface area contributed by atoms with Crippen molar-refractivity contribution in [3.63, 3.8) is 0 Å². The van der Waals surface area contributed by atoms with Crippen molar-refractivity contribution in [1.82, 2.24) is 9.88 Å². The zero-order valence-corrected chi connectivity index (χ0v) is 19.7. The molecule has 1 saturated heterocycles. The zero-order valence-electron chi connectivity index (χ0n) is 18.9. The standard InChI is InChI=1S/C25H26ClFN2O5/c1-14-11-19-17(21(26)22(14)27)12-20(29(19)2)23(31)28-18(13-30)15-3-5-16(6-4-15)25(24(32)33)7-9-34-10-8-25/h3-6,11-12,18,30H,7-10,13H2,1-2H3,(H,28,31)(H,32,33)/t18-/m1/s1. The number of nitrogens with zero attached hydrogens (tertiary/aromatic N) is 1. The van der Waals surface area contributed by atoms with Crippen LogP contribution in [0.2, 0.25) is 5.02 Å². The van der Waals surface area contributed by atoms with E-state index in [1.807, 2.05) is 0 Å². The van der Waals surface area contributed by atoms with Crippen molar-refractivity contribution in [1.29, 1.82) is 0 Å². The van der Waals surface area contributed by atoms with E-state index < -0.39 is 29.2 Å². The minimum Gasteiger partial charge on any atom is -0.481 e. The highest BCUT2D eigenvalue weighted by Gasteiger charge is 2.41. The summed E-state index contributed by atoms with van der Waals surface area (Å²) in [6.07, 6.45) is 0.761. The number of aromatic nitrogens is 1. The van der Waals surface area contributed by atoms with Gasteiger partial charge in [0.1, 0.15) is 11.5 Å². The third kappa shape index (κ3) is 4.06. The van der Waals surface area contributed by atoms with E-state index in [1.54, 1.807) is 48.9 Å². The third-order valence-electron chi connectivity index (χ3n) is 6.75. The summed E-state index contributed by atoms with van der Waals surface area (Å²) < 4.78 is 21.2. The molecule has 1 atom stereocenters. The minimum atomic E-state index is -1.01. The van der Waals surface area contributed by atoms with Crippen molar-refractivity contribution >= 4 is 34.4 Å². The van der Waals surface area contributed by atoms with Gasteiger partial charge in [-0.1, -0.05) is 35.9 Å². The number of carboxylic acids is 1. The lowest BCUT2D eigenvalue weighted by Gasteiger charge is -2.33. The fourth-order valence-corrected chi connectivity index (χ4v) is 4.89. The van der Waals surface area contributed by atoms with Gasteiger partial charge < -0.3 is 24.8 Å². The molecule has 9 heteroatoms. The Morgan fingerprint density at radius 3 is 2.47 bits per heavy atom. The molecule has 0 aliphatic carbocycles. The summed E-state index contributed by atoms with van der Waals surface area (Å²) >= 11 is 6.15. The van der Waals surface area contributed by atoms with Gasteiger partial charge in [-0.05, 0) is 48.6 Å². The van der Waals surface area contributed by atoms with Crippen molar-refractivity contribution in [2.75, 3.05) is 19.8 Å².